The van der Waals surface area contributed by atoms with E-state index in [2.05, 4.69) is 0 Å². The van der Waals surface area contributed by atoms with Gasteiger partial charge in [-0.25, -0.2) is 8.78 Å². The minimum atomic E-state index is -2.47. The summed E-state index contributed by atoms with van der Waals surface area (Å²) >= 11 is 6.75. The van der Waals surface area contributed by atoms with E-state index in [0.717, 1.165) is 11.3 Å². The van der Waals surface area contributed by atoms with Crippen LogP contribution in [-0.2, 0) is 0 Å². The van der Waals surface area contributed by atoms with Crippen molar-refractivity contribution in [1.82, 2.24) is 0 Å². The van der Waals surface area contributed by atoms with Crippen molar-refractivity contribution >= 4 is 22.9 Å². The molecule has 0 aliphatic carbocycles. The molecule has 0 aliphatic heterocycles. The Morgan fingerprint density at radius 3 is 2.44 bits per heavy atom. The summed E-state index contributed by atoms with van der Waals surface area (Å²) in [5.74, 6) is 0.0206. The van der Waals surface area contributed by atoms with Crippen molar-refractivity contribution in [2.75, 3.05) is 0 Å². The molecule has 16 heavy (non-hydrogen) atoms. The maximum atomic E-state index is 12.4. The summed E-state index contributed by atoms with van der Waals surface area (Å²) in [7, 11) is 0. The smallest absolute Gasteiger partial charge is 0.272 e. The highest BCUT2D eigenvalue weighted by atomic mass is 35.5. The van der Waals surface area contributed by atoms with Crippen LogP contribution in [0, 0.1) is 0 Å². The summed E-state index contributed by atoms with van der Waals surface area (Å²) in [6.07, 6.45) is -2.47. The standard InChI is InChI=1S/C11H7ClF2OS/c12-8-1-6(2-9(15)4-8)7-3-10(11(13)14)16-5-7/h1-5,11,15H. The summed E-state index contributed by atoms with van der Waals surface area (Å²) in [6.45, 7) is 0. The van der Waals surface area contributed by atoms with Gasteiger partial charge in [0.2, 0.25) is 0 Å². The molecular weight excluding hydrogens is 254 g/mol. The van der Waals surface area contributed by atoms with Gasteiger partial charge in [0.15, 0.2) is 0 Å². The zero-order chi connectivity index (χ0) is 11.7. The highest BCUT2D eigenvalue weighted by Gasteiger charge is 2.11. The Labute approximate surface area is 99.9 Å². The van der Waals surface area contributed by atoms with Crippen molar-refractivity contribution in [2.24, 2.45) is 0 Å². The fourth-order valence-corrected chi connectivity index (χ4v) is 2.35. The fraction of sp³-hybridized carbons (Fsp3) is 0.0909. The maximum Gasteiger partial charge on any atom is 0.272 e. The van der Waals surface area contributed by atoms with Crippen molar-refractivity contribution in [3.05, 3.63) is 39.5 Å². The van der Waals surface area contributed by atoms with E-state index < -0.39 is 6.43 Å². The Morgan fingerprint density at radius 2 is 1.88 bits per heavy atom. The van der Waals surface area contributed by atoms with Gasteiger partial charge in [-0.3, -0.25) is 0 Å². The molecule has 0 saturated heterocycles. The predicted molar refractivity (Wildman–Crippen MR) is 61.4 cm³/mol. The molecule has 5 heteroatoms. The van der Waals surface area contributed by atoms with Gasteiger partial charge < -0.3 is 5.11 Å². The van der Waals surface area contributed by atoms with Gasteiger partial charge in [0.1, 0.15) is 5.75 Å². The Balaban J connectivity index is 2.42. The molecule has 0 fully saturated rings. The highest BCUT2D eigenvalue weighted by Crippen LogP contribution is 2.34. The number of rotatable bonds is 2. The van der Waals surface area contributed by atoms with Crippen LogP contribution in [0.1, 0.15) is 11.3 Å². The number of phenols is 1. The molecule has 1 nitrogen and oxygen atoms in total. The second kappa shape index (κ2) is 4.39. The molecule has 0 saturated carbocycles. The molecular formula is C11H7ClF2OS. The molecule has 1 heterocycles. The van der Waals surface area contributed by atoms with Crippen LogP contribution in [-0.4, -0.2) is 5.11 Å². The molecule has 1 aromatic heterocycles. The molecule has 2 rings (SSSR count). The number of hydrogen-bond acceptors (Lipinski definition) is 2. The quantitative estimate of drug-likeness (QED) is 0.829. The number of aromatic hydroxyl groups is 1. The number of benzene rings is 1. The average Bonchev–Trinajstić information content (AvgIpc) is 2.64. The Kier molecular flexibility index (Phi) is 3.12. The third kappa shape index (κ3) is 2.33. The van der Waals surface area contributed by atoms with Crippen LogP contribution >= 0.6 is 22.9 Å². The van der Waals surface area contributed by atoms with E-state index >= 15 is 0 Å². The first-order chi connectivity index (χ1) is 7.56. The summed E-state index contributed by atoms with van der Waals surface area (Å²) < 4.78 is 24.8. The van der Waals surface area contributed by atoms with Gasteiger partial charge in [0.05, 0.1) is 4.88 Å². The minimum Gasteiger partial charge on any atom is -0.508 e. The molecule has 1 aromatic carbocycles. The molecule has 2 aromatic rings. The molecule has 1 N–H and O–H groups in total. The monoisotopic (exact) mass is 260 g/mol. The number of alkyl halides is 2. The third-order valence-corrected chi connectivity index (χ3v) is 3.21. The van der Waals surface area contributed by atoms with E-state index in [1.165, 1.54) is 18.2 Å². The second-order valence-corrected chi connectivity index (χ2v) is 4.62. The van der Waals surface area contributed by atoms with Gasteiger partial charge in [-0.15, -0.1) is 11.3 Å². The van der Waals surface area contributed by atoms with Crippen molar-refractivity contribution in [1.29, 1.82) is 0 Å². The van der Waals surface area contributed by atoms with Crippen LogP contribution in [0.25, 0.3) is 11.1 Å². The first-order valence-corrected chi connectivity index (χ1v) is 5.68. The van der Waals surface area contributed by atoms with Crippen molar-refractivity contribution in [2.45, 2.75) is 6.43 Å². The predicted octanol–water partition coefficient (Wildman–Crippen LogP) is 4.71. The molecule has 0 atom stereocenters. The van der Waals surface area contributed by atoms with Crippen LogP contribution in [0.2, 0.25) is 5.02 Å². The largest absolute Gasteiger partial charge is 0.508 e. The van der Waals surface area contributed by atoms with E-state index in [1.54, 1.807) is 11.4 Å². The SMILES string of the molecule is Oc1cc(Cl)cc(-c2csc(C(F)F)c2)c1. The molecule has 84 valence electrons. The molecule has 0 radical (unpaired) electrons. The first kappa shape index (κ1) is 11.4. The lowest BCUT2D eigenvalue weighted by Gasteiger charge is -2.00. The van der Waals surface area contributed by atoms with Crippen molar-refractivity contribution in [3.8, 4) is 16.9 Å². The second-order valence-electron chi connectivity index (χ2n) is 3.24. The molecule has 0 unspecified atom stereocenters. The van der Waals surface area contributed by atoms with Crippen LogP contribution in [0.3, 0.4) is 0 Å². The maximum absolute atomic E-state index is 12.4. The van der Waals surface area contributed by atoms with Crippen LogP contribution in [0.15, 0.2) is 29.6 Å². The molecule has 0 bridgehead atoms. The van der Waals surface area contributed by atoms with Gasteiger partial charge in [-0.2, -0.15) is 0 Å². The lowest BCUT2D eigenvalue weighted by Crippen LogP contribution is -1.77. The van der Waals surface area contributed by atoms with E-state index in [9.17, 15) is 13.9 Å². The topological polar surface area (TPSA) is 20.2 Å². The number of thiophene rings is 1. The van der Waals surface area contributed by atoms with Crippen LogP contribution in [0.5, 0.6) is 5.75 Å². The minimum absolute atomic E-state index is 0.00876. The summed E-state index contributed by atoms with van der Waals surface area (Å²) in [5.41, 5.74) is 1.27. The number of hydrogen-bond donors (Lipinski definition) is 1. The van der Waals surface area contributed by atoms with Gasteiger partial charge in [0.25, 0.3) is 6.43 Å². The zero-order valence-corrected chi connectivity index (χ0v) is 9.53. The van der Waals surface area contributed by atoms with Gasteiger partial charge in [-0.05, 0) is 40.8 Å². The summed E-state index contributed by atoms with van der Waals surface area (Å²) in [5, 5.41) is 11.3. The molecule has 0 aliphatic rings. The lowest BCUT2D eigenvalue weighted by atomic mass is 10.1. The highest BCUT2D eigenvalue weighted by molar-refractivity contribution is 7.10. The number of halogens is 3. The van der Waals surface area contributed by atoms with Crippen LogP contribution < -0.4 is 0 Å². The Morgan fingerprint density at radius 1 is 1.12 bits per heavy atom. The normalized spacial score (nSPS) is 11.0. The van der Waals surface area contributed by atoms with E-state index in [-0.39, 0.29) is 10.6 Å². The third-order valence-electron chi connectivity index (χ3n) is 2.05. The molecule has 0 spiro atoms. The number of phenolic OH excluding ortho intramolecular Hbond substituents is 1. The zero-order valence-electron chi connectivity index (χ0n) is 7.95. The summed E-state index contributed by atoms with van der Waals surface area (Å²) in [6, 6.07) is 5.91. The first-order valence-electron chi connectivity index (χ1n) is 4.43. The van der Waals surface area contributed by atoms with E-state index in [4.69, 9.17) is 11.6 Å². The van der Waals surface area contributed by atoms with E-state index in [1.807, 2.05) is 0 Å². The van der Waals surface area contributed by atoms with Crippen molar-refractivity contribution < 1.29 is 13.9 Å². The van der Waals surface area contributed by atoms with Gasteiger partial charge in [-0.1, -0.05) is 11.6 Å². The van der Waals surface area contributed by atoms with E-state index in [0.29, 0.717) is 16.1 Å². The lowest BCUT2D eigenvalue weighted by molar-refractivity contribution is 0.155. The fourth-order valence-electron chi connectivity index (χ4n) is 1.36. The van der Waals surface area contributed by atoms with Crippen LogP contribution in [0.4, 0.5) is 8.78 Å². The average molecular weight is 261 g/mol. The Bertz CT molecular complexity index is 490. The van der Waals surface area contributed by atoms with Gasteiger partial charge >= 0.3 is 0 Å². The van der Waals surface area contributed by atoms with Gasteiger partial charge in [0, 0.05) is 5.02 Å². The molecule has 0 amide bonds. The summed E-state index contributed by atoms with van der Waals surface area (Å²) in [4.78, 5) is 0.00876. The van der Waals surface area contributed by atoms with Crippen molar-refractivity contribution in [3.63, 3.8) is 0 Å². The Hall–Kier alpha value is -1.13.